The third-order valence-electron chi connectivity index (χ3n) is 4.55. The van der Waals surface area contributed by atoms with Crippen LogP contribution in [0.15, 0.2) is 54.6 Å². The van der Waals surface area contributed by atoms with Gasteiger partial charge in [0.25, 0.3) is 0 Å². The fourth-order valence-corrected chi connectivity index (χ4v) is 5.29. The van der Waals surface area contributed by atoms with Gasteiger partial charge in [-0.25, -0.2) is 22.5 Å². The predicted octanol–water partition coefficient (Wildman–Crippen LogP) is 3.56. The Morgan fingerprint density at radius 1 is 1.18 bits per heavy atom. The van der Waals surface area contributed by atoms with E-state index in [1.165, 1.54) is 29.7 Å². The van der Waals surface area contributed by atoms with Gasteiger partial charge in [0, 0.05) is 30.1 Å². The number of rotatable bonds is 5. The number of halogens is 1. The summed E-state index contributed by atoms with van der Waals surface area (Å²) < 4.78 is 39.7. The lowest BCUT2D eigenvalue weighted by Crippen LogP contribution is -2.40. The Kier molecular flexibility index (Phi) is 5.29. The van der Waals surface area contributed by atoms with Crippen molar-refractivity contribution in [2.45, 2.75) is 19.1 Å². The van der Waals surface area contributed by atoms with Gasteiger partial charge < -0.3 is 0 Å². The Hall–Kier alpha value is -2.13. The summed E-state index contributed by atoms with van der Waals surface area (Å²) in [5.74, 6) is -0.270. The van der Waals surface area contributed by atoms with Crippen LogP contribution in [0.25, 0.3) is 10.6 Å². The van der Waals surface area contributed by atoms with E-state index >= 15 is 0 Å². The van der Waals surface area contributed by atoms with Crippen LogP contribution in [0.1, 0.15) is 22.2 Å². The average Bonchev–Trinajstić information content (AvgIpc) is 3.08. The molecule has 0 fully saturated rings. The van der Waals surface area contributed by atoms with Crippen molar-refractivity contribution in [2.24, 2.45) is 0 Å². The minimum absolute atomic E-state index is 0.270. The molecule has 1 aliphatic rings. The van der Waals surface area contributed by atoms with Crippen LogP contribution >= 0.6 is 11.3 Å². The van der Waals surface area contributed by atoms with Gasteiger partial charge in [-0.15, -0.1) is 11.3 Å². The molecule has 1 atom stereocenters. The highest BCUT2D eigenvalue weighted by molar-refractivity contribution is 7.88. The van der Waals surface area contributed by atoms with Crippen molar-refractivity contribution >= 4 is 21.4 Å². The Morgan fingerprint density at radius 3 is 2.57 bits per heavy atom. The number of hydrogen-bond donors (Lipinski definition) is 1. The molecule has 0 bridgehead atoms. The third-order valence-corrected chi connectivity index (χ3v) is 6.53. The molecule has 1 N–H and O–H groups in total. The minimum Gasteiger partial charge on any atom is -0.291 e. The van der Waals surface area contributed by atoms with Crippen molar-refractivity contribution in [1.29, 1.82) is 0 Å². The highest BCUT2D eigenvalue weighted by Crippen LogP contribution is 2.36. The van der Waals surface area contributed by atoms with Gasteiger partial charge >= 0.3 is 0 Å². The van der Waals surface area contributed by atoms with Crippen molar-refractivity contribution in [3.63, 3.8) is 0 Å². The summed E-state index contributed by atoms with van der Waals surface area (Å²) in [5, 5.41) is 0.884. The molecular formula is C20H20FN3O2S2. The second-order valence-corrected chi connectivity index (χ2v) is 9.75. The molecule has 28 heavy (non-hydrogen) atoms. The summed E-state index contributed by atoms with van der Waals surface area (Å²) in [5.41, 5.74) is 2.88. The maximum Gasteiger partial charge on any atom is 0.209 e. The molecule has 0 spiro atoms. The van der Waals surface area contributed by atoms with Crippen LogP contribution in [0.2, 0.25) is 0 Å². The molecule has 8 heteroatoms. The lowest BCUT2D eigenvalue weighted by Gasteiger charge is -2.31. The molecule has 2 aromatic carbocycles. The molecule has 2 heterocycles. The molecule has 0 amide bonds. The average molecular weight is 418 g/mol. The zero-order valence-electron chi connectivity index (χ0n) is 15.3. The number of thiazole rings is 1. The number of sulfonamides is 1. The summed E-state index contributed by atoms with van der Waals surface area (Å²) in [6.45, 7) is 1.76. The molecule has 0 saturated heterocycles. The summed E-state index contributed by atoms with van der Waals surface area (Å²) in [6.07, 6.45) is 1.17. The predicted molar refractivity (Wildman–Crippen MR) is 109 cm³/mol. The van der Waals surface area contributed by atoms with Gasteiger partial charge in [-0.05, 0) is 17.7 Å². The topological polar surface area (TPSA) is 62.3 Å². The second-order valence-electron chi connectivity index (χ2n) is 6.93. The van der Waals surface area contributed by atoms with Crippen LogP contribution < -0.4 is 4.72 Å². The summed E-state index contributed by atoms with van der Waals surface area (Å²) in [6, 6.07) is 15.9. The van der Waals surface area contributed by atoms with E-state index in [0.29, 0.717) is 19.6 Å². The number of aromatic nitrogens is 1. The van der Waals surface area contributed by atoms with Gasteiger partial charge in [0.2, 0.25) is 10.0 Å². The SMILES string of the molecule is CS(=O)(=O)N[C@@H]1CN(Cc2ccc(F)cc2)Cc2nc(-c3ccccc3)sc21. The number of nitrogens with zero attached hydrogens (tertiary/aromatic N) is 2. The molecule has 0 saturated carbocycles. The van der Waals surface area contributed by atoms with Gasteiger partial charge in [-0.3, -0.25) is 4.90 Å². The molecule has 4 rings (SSSR count). The van der Waals surface area contributed by atoms with Crippen LogP contribution in [0.3, 0.4) is 0 Å². The van der Waals surface area contributed by atoms with Crippen LogP contribution in [-0.2, 0) is 23.1 Å². The van der Waals surface area contributed by atoms with Crippen molar-refractivity contribution in [2.75, 3.05) is 12.8 Å². The van der Waals surface area contributed by atoms with Gasteiger partial charge in [-0.2, -0.15) is 0 Å². The molecule has 0 radical (unpaired) electrons. The third kappa shape index (κ3) is 4.47. The summed E-state index contributed by atoms with van der Waals surface area (Å²) in [7, 11) is -3.37. The highest BCUT2D eigenvalue weighted by atomic mass is 32.2. The molecule has 1 aliphatic heterocycles. The number of fused-ring (bicyclic) bond motifs is 1. The van der Waals surface area contributed by atoms with Crippen molar-refractivity contribution < 1.29 is 12.8 Å². The molecule has 3 aromatic rings. The highest BCUT2D eigenvalue weighted by Gasteiger charge is 2.31. The number of nitrogens with one attached hydrogen (secondary N) is 1. The molecule has 5 nitrogen and oxygen atoms in total. The Labute approximate surface area is 167 Å². The zero-order valence-corrected chi connectivity index (χ0v) is 16.9. The van der Waals surface area contributed by atoms with Crippen molar-refractivity contribution in [3.05, 3.63) is 76.5 Å². The standard InChI is InChI=1S/C20H20FN3O2S2/c1-28(25,26)23-18-13-24(11-14-7-9-16(21)10-8-14)12-17-19(18)27-20(22-17)15-5-3-2-4-6-15/h2-10,18,23H,11-13H2,1H3/t18-/m1/s1. The quantitative estimate of drug-likeness (QED) is 0.690. The Balaban J connectivity index is 1.64. The van der Waals surface area contributed by atoms with Crippen molar-refractivity contribution in [1.82, 2.24) is 14.6 Å². The van der Waals surface area contributed by atoms with Crippen LogP contribution in [0, 0.1) is 5.82 Å². The number of benzene rings is 2. The van der Waals surface area contributed by atoms with Gasteiger partial charge in [-0.1, -0.05) is 42.5 Å². The second kappa shape index (κ2) is 7.71. The normalized spacial score (nSPS) is 17.4. The Morgan fingerprint density at radius 2 is 1.89 bits per heavy atom. The van der Waals surface area contributed by atoms with E-state index in [1.807, 2.05) is 30.3 Å². The molecular weight excluding hydrogens is 397 g/mol. The lowest BCUT2D eigenvalue weighted by molar-refractivity contribution is 0.216. The lowest BCUT2D eigenvalue weighted by atomic mass is 10.1. The smallest absolute Gasteiger partial charge is 0.209 e. The molecule has 146 valence electrons. The first-order chi connectivity index (χ1) is 13.4. The fourth-order valence-electron chi connectivity index (χ4n) is 3.39. The van der Waals surface area contributed by atoms with E-state index < -0.39 is 10.0 Å². The van der Waals surface area contributed by atoms with Crippen molar-refractivity contribution in [3.8, 4) is 10.6 Å². The molecule has 0 aliphatic carbocycles. The van der Waals surface area contributed by atoms with Gasteiger partial charge in [0.05, 0.1) is 18.0 Å². The van der Waals surface area contributed by atoms with E-state index in [2.05, 4.69) is 9.62 Å². The fraction of sp³-hybridized carbons (Fsp3) is 0.250. The van der Waals surface area contributed by atoms with Gasteiger partial charge in [0.15, 0.2) is 0 Å². The van der Waals surface area contributed by atoms with E-state index in [-0.39, 0.29) is 11.9 Å². The van der Waals surface area contributed by atoms with E-state index in [9.17, 15) is 12.8 Å². The number of hydrogen-bond acceptors (Lipinski definition) is 5. The maximum atomic E-state index is 13.2. The monoisotopic (exact) mass is 417 g/mol. The maximum absolute atomic E-state index is 13.2. The van der Waals surface area contributed by atoms with Crippen LogP contribution in [0.4, 0.5) is 4.39 Å². The van der Waals surface area contributed by atoms with Crippen LogP contribution in [-0.4, -0.2) is 31.1 Å². The minimum atomic E-state index is -3.37. The summed E-state index contributed by atoms with van der Waals surface area (Å²) in [4.78, 5) is 7.88. The molecule has 1 aromatic heterocycles. The molecule has 0 unspecified atom stereocenters. The van der Waals surface area contributed by atoms with E-state index in [0.717, 1.165) is 26.7 Å². The van der Waals surface area contributed by atoms with E-state index in [4.69, 9.17) is 4.98 Å². The zero-order chi connectivity index (χ0) is 19.7. The first-order valence-corrected chi connectivity index (χ1v) is 11.6. The largest absolute Gasteiger partial charge is 0.291 e. The van der Waals surface area contributed by atoms with Gasteiger partial charge in [0.1, 0.15) is 10.8 Å². The first-order valence-electron chi connectivity index (χ1n) is 8.86. The first kappa shape index (κ1) is 19.2. The summed E-state index contributed by atoms with van der Waals surface area (Å²) >= 11 is 1.53. The van der Waals surface area contributed by atoms with E-state index in [1.54, 1.807) is 12.1 Å². The Bertz CT molecular complexity index is 1070. The van der Waals surface area contributed by atoms with Crippen LogP contribution in [0.5, 0.6) is 0 Å².